The predicted molar refractivity (Wildman–Crippen MR) is 137 cm³/mol. The molecule has 2 atom stereocenters. The van der Waals surface area contributed by atoms with Gasteiger partial charge in [0.25, 0.3) is 11.8 Å². The average molecular weight is 505 g/mol. The quantitative estimate of drug-likeness (QED) is 0.521. The van der Waals surface area contributed by atoms with Gasteiger partial charge >= 0.3 is 0 Å². The molecule has 2 aromatic carbocycles. The maximum absolute atomic E-state index is 13.2. The summed E-state index contributed by atoms with van der Waals surface area (Å²) in [6, 6.07) is 14.7. The number of likely N-dealkylation sites (tertiary alicyclic amines) is 1. The van der Waals surface area contributed by atoms with Crippen molar-refractivity contribution < 1.29 is 24.5 Å². The number of likely N-dealkylation sites (N-methyl/N-ethyl adjacent to an activating group) is 1. The van der Waals surface area contributed by atoms with Crippen LogP contribution in [0.1, 0.15) is 35.3 Å². The number of hydrogen-bond donors (Lipinski definition) is 2. The van der Waals surface area contributed by atoms with Crippen molar-refractivity contribution in [1.82, 2.24) is 19.8 Å². The van der Waals surface area contributed by atoms with Crippen molar-refractivity contribution in [1.29, 1.82) is 0 Å². The minimum Gasteiger partial charge on any atom is -0.483 e. The number of carbonyl (C=O) groups excluding carboxylic acids is 2. The summed E-state index contributed by atoms with van der Waals surface area (Å²) in [7, 11) is 1.73. The number of piperidine rings is 1. The summed E-state index contributed by atoms with van der Waals surface area (Å²) < 4.78 is 5.78. The zero-order valence-corrected chi connectivity index (χ0v) is 20.9. The summed E-state index contributed by atoms with van der Waals surface area (Å²) in [5.41, 5.74) is 2.00. The number of benzene rings is 2. The van der Waals surface area contributed by atoms with E-state index in [0.717, 1.165) is 11.1 Å². The Labute approximate surface area is 215 Å². The van der Waals surface area contributed by atoms with E-state index >= 15 is 0 Å². The van der Waals surface area contributed by atoms with E-state index in [-0.39, 0.29) is 24.8 Å². The first-order valence-corrected chi connectivity index (χ1v) is 12.7. The summed E-state index contributed by atoms with van der Waals surface area (Å²) in [5, 5.41) is 21.9. The molecular weight excluding hydrogens is 472 g/mol. The Morgan fingerprint density at radius 2 is 1.73 bits per heavy atom. The largest absolute Gasteiger partial charge is 0.483 e. The van der Waals surface area contributed by atoms with Crippen LogP contribution < -0.4 is 4.74 Å². The van der Waals surface area contributed by atoms with Crippen LogP contribution in [0.3, 0.4) is 0 Å². The van der Waals surface area contributed by atoms with E-state index in [1.807, 2.05) is 42.5 Å². The number of aliphatic hydroxyl groups is 2. The summed E-state index contributed by atoms with van der Waals surface area (Å²) in [6.45, 7) is 1.21. The SMILES string of the molecule is CN1CC2(CCN(C(=O)c3cnc4ccccc4n3)CC2)C[C@@H](O)[C@@H](O)Cc2ccccc2OCC1=O. The number of carbonyl (C=O) groups is 2. The number of rotatable bonds is 1. The summed E-state index contributed by atoms with van der Waals surface area (Å²) in [6.07, 6.45) is 1.27. The van der Waals surface area contributed by atoms with Gasteiger partial charge in [0.1, 0.15) is 11.4 Å². The average Bonchev–Trinajstić information content (AvgIpc) is 2.91. The van der Waals surface area contributed by atoms with Crippen LogP contribution in [0.25, 0.3) is 11.0 Å². The normalized spacial score (nSPS) is 22.6. The van der Waals surface area contributed by atoms with Crippen molar-refractivity contribution >= 4 is 22.8 Å². The molecule has 5 rings (SSSR count). The third-order valence-electron chi connectivity index (χ3n) is 7.62. The van der Waals surface area contributed by atoms with E-state index in [2.05, 4.69) is 9.97 Å². The van der Waals surface area contributed by atoms with Crippen LogP contribution in [0, 0.1) is 5.41 Å². The topological polar surface area (TPSA) is 116 Å². The summed E-state index contributed by atoms with van der Waals surface area (Å²) >= 11 is 0. The van der Waals surface area contributed by atoms with Gasteiger partial charge in [0.2, 0.25) is 0 Å². The number of hydrogen-bond acceptors (Lipinski definition) is 7. The van der Waals surface area contributed by atoms with Crippen LogP contribution in [0.5, 0.6) is 5.75 Å². The molecule has 0 radical (unpaired) electrons. The number of fused-ring (bicyclic) bond motifs is 2. The molecular formula is C28H32N4O5. The zero-order valence-electron chi connectivity index (χ0n) is 20.9. The van der Waals surface area contributed by atoms with E-state index in [4.69, 9.17) is 4.74 Å². The van der Waals surface area contributed by atoms with Crippen LogP contribution in [0.2, 0.25) is 0 Å². The fraction of sp³-hybridized carbons (Fsp3) is 0.429. The van der Waals surface area contributed by atoms with Crippen LogP contribution in [0.4, 0.5) is 0 Å². The molecule has 1 saturated heterocycles. The fourth-order valence-corrected chi connectivity index (χ4v) is 5.43. The van der Waals surface area contributed by atoms with Gasteiger partial charge in [-0.05, 0) is 48.4 Å². The third-order valence-corrected chi connectivity index (χ3v) is 7.62. The number of aliphatic hydroxyl groups excluding tert-OH is 2. The van der Waals surface area contributed by atoms with Crippen molar-refractivity contribution in [3.05, 3.63) is 66.0 Å². The molecule has 1 fully saturated rings. The first-order chi connectivity index (χ1) is 17.8. The predicted octanol–water partition coefficient (Wildman–Crippen LogP) is 2.06. The van der Waals surface area contributed by atoms with Crippen molar-refractivity contribution in [2.24, 2.45) is 5.41 Å². The van der Waals surface area contributed by atoms with Gasteiger partial charge in [-0.3, -0.25) is 14.6 Å². The first kappa shape index (κ1) is 25.1. The molecule has 1 aromatic heterocycles. The summed E-state index contributed by atoms with van der Waals surface area (Å²) in [5.74, 6) is 0.195. The number of ether oxygens (including phenoxy) is 1. The molecule has 2 N–H and O–H groups in total. The Morgan fingerprint density at radius 1 is 1.03 bits per heavy atom. The van der Waals surface area contributed by atoms with E-state index in [1.165, 1.54) is 6.20 Å². The minimum atomic E-state index is -0.982. The highest BCUT2D eigenvalue weighted by Gasteiger charge is 2.41. The molecule has 0 bridgehead atoms. The third kappa shape index (κ3) is 5.42. The molecule has 194 valence electrons. The molecule has 3 aromatic rings. The Bertz CT molecular complexity index is 1290. The van der Waals surface area contributed by atoms with Gasteiger partial charge in [-0.15, -0.1) is 0 Å². The monoisotopic (exact) mass is 504 g/mol. The van der Waals surface area contributed by atoms with Crippen molar-refractivity contribution in [2.45, 2.75) is 37.9 Å². The second-order valence-corrected chi connectivity index (χ2v) is 10.2. The highest BCUT2D eigenvalue weighted by molar-refractivity contribution is 5.93. The highest BCUT2D eigenvalue weighted by atomic mass is 16.5. The molecule has 2 aliphatic heterocycles. The van der Waals surface area contributed by atoms with E-state index in [9.17, 15) is 19.8 Å². The minimum absolute atomic E-state index is 0.104. The summed E-state index contributed by atoms with van der Waals surface area (Å²) in [4.78, 5) is 38.4. The zero-order chi connectivity index (χ0) is 26.0. The Kier molecular flexibility index (Phi) is 7.08. The number of aromatic nitrogens is 2. The molecule has 0 saturated carbocycles. The lowest BCUT2D eigenvalue weighted by molar-refractivity contribution is -0.135. The molecule has 1 spiro atoms. The van der Waals surface area contributed by atoms with Gasteiger partial charge < -0.3 is 24.7 Å². The maximum Gasteiger partial charge on any atom is 0.274 e. The van der Waals surface area contributed by atoms with E-state index in [1.54, 1.807) is 22.9 Å². The maximum atomic E-state index is 13.2. The van der Waals surface area contributed by atoms with Crippen LogP contribution in [-0.2, 0) is 11.2 Å². The fourth-order valence-electron chi connectivity index (χ4n) is 5.43. The smallest absolute Gasteiger partial charge is 0.274 e. The molecule has 0 aliphatic carbocycles. The molecule has 2 aliphatic rings. The van der Waals surface area contributed by atoms with Gasteiger partial charge in [-0.2, -0.15) is 0 Å². The molecule has 3 heterocycles. The Balaban J connectivity index is 1.33. The second-order valence-electron chi connectivity index (χ2n) is 10.2. The van der Waals surface area contributed by atoms with E-state index in [0.29, 0.717) is 55.9 Å². The van der Waals surface area contributed by atoms with Crippen LogP contribution >= 0.6 is 0 Å². The molecule has 9 heteroatoms. The number of nitrogens with zero attached hydrogens (tertiary/aromatic N) is 4. The van der Waals surface area contributed by atoms with Gasteiger partial charge in [0.15, 0.2) is 6.61 Å². The van der Waals surface area contributed by atoms with Crippen LogP contribution in [0.15, 0.2) is 54.7 Å². The standard InChI is InChI=1S/C28H32N4O5/c1-31-18-28(15-24(34)23(33)14-19-6-2-5-9-25(19)37-17-26(31)35)10-12-32(13-11-28)27(36)22-16-29-20-7-3-4-8-21(20)30-22/h2-9,16,23-24,33-34H,10-15,17-18H2,1H3/t23-,24+/m0/s1. The second kappa shape index (κ2) is 10.4. The van der Waals surface area contributed by atoms with E-state index < -0.39 is 17.6 Å². The number of para-hydroxylation sites is 3. The van der Waals surface area contributed by atoms with Crippen molar-refractivity contribution in [2.75, 3.05) is 33.3 Å². The first-order valence-electron chi connectivity index (χ1n) is 12.7. The highest BCUT2D eigenvalue weighted by Crippen LogP contribution is 2.39. The Hall–Kier alpha value is -3.56. The lowest BCUT2D eigenvalue weighted by atomic mass is 9.72. The van der Waals surface area contributed by atoms with Gasteiger partial charge in [0, 0.05) is 33.1 Å². The molecule has 37 heavy (non-hydrogen) atoms. The molecule has 0 unspecified atom stereocenters. The van der Waals surface area contributed by atoms with Gasteiger partial charge in [-0.1, -0.05) is 30.3 Å². The van der Waals surface area contributed by atoms with Gasteiger partial charge in [0.05, 0.1) is 29.4 Å². The Morgan fingerprint density at radius 3 is 2.51 bits per heavy atom. The lowest BCUT2D eigenvalue weighted by Crippen LogP contribution is -2.51. The van der Waals surface area contributed by atoms with Crippen molar-refractivity contribution in [3.8, 4) is 5.75 Å². The van der Waals surface area contributed by atoms with Gasteiger partial charge in [-0.25, -0.2) is 4.98 Å². The van der Waals surface area contributed by atoms with Crippen molar-refractivity contribution in [3.63, 3.8) is 0 Å². The van der Waals surface area contributed by atoms with Crippen LogP contribution in [-0.4, -0.2) is 87.3 Å². The lowest BCUT2D eigenvalue weighted by Gasteiger charge is -2.45. The number of amides is 2. The molecule has 2 amide bonds. The molecule has 9 nitrogen and oxygen atoms in total.